The van der Waals surface area contributed by atoms with E-state index >= 15 is 0 Å². The molecule has 1 aromatic carbocycles. The molecule has 1 aliphatic heterocycles. The largest absolute Gasteiger partial charge is 0.509 e. The third kappa shape index (κ3) is 10.3. The average molecular weight is 617 g/mol. The van der Waals surface area contributed by atoms with Crippen LogP contribution in [0, 0.1) is 10.1 Å². The normalized spacial score (nSPS) is 18.2. The number of rotatable bonds is 9. The number of hydrogen-bond acceptors (Lipinski definition) is 11. The predicted octanol–water partition coefficient (Wildman–Crippen LogP) is 4.82. The van der Waals surface area contributed by atoms with Crippen LogP contribution in [0.15, 0.2) is 42.6 Å². The van der Waals surface area contributed by atoms with Crippen molar-refractivity contribution >= 4 is 24.2 Å². The highest BCUT2D eigenvalue weighted by Gasteiger charge is 2.50. The van der Waals surface area contributed by atoms with Gasteiger partial charge in [-0.3, -0.25) is 4.90 Å². The number of nitro groups is 1. The Labute approximate surface area is 256 Å². The van der Waals surface area contributed by atoms with Crippen molar-refractivity contribution in [3.63, 3.8) is 0 Å². The van der Waals surface area contributed by atoms with Gasteiger partial charge >= 0.3 is 24.2 Å². The molecule has 1 fully saturated rings. The zero-order chi connectivity index (χ0) is 32.7. The predicted molar refractivity (Wildman–Crippen MR) is 157 cm³/mol. The minimum Gasteiger partial charge on any atom is -0.497 e. The van der Waals surface area contributed by atoms with E-state index < -0.39 is 52.7 Å². The van der Waals surface area contributed by atoms with Crippen molar-refractivity contribution in [3.05, 3.63) is 63.8 Å². The van der Waals surface area contributed by atoms with Crippen molar-refractivity contribution in [2.24, 2.45) is 0 Å². The Morgan fingerprint density at radius 3 is 2.25 bits per heavy atom. The zero-order valence-electron chi connectivity index (χ0n) is 26.0. The van der Waals surface area contributed by atoms with Gasteiger partial charge in [-0.2, -0.15) is 0 Å². The number of ether oxygens (including phenoxy) is 5. The summed E-state index contributed by atoms with van der Waals surface area (Å²) in [6, 6.07) is 9.31. The highest BCUT2D eigenvalue weighted by Crippen LogP contribution is 2.30. The molecule has 3 atom stereocenters. The molecule has 1 aliphatic rings. The lowest BCUT2D eigenvalue weighted by Gasteiger charge is -2.30. The van der Waals surface area contributed by atoms with E-state index in [2.05, 4.69) is 10.3 Å². The van der Waals surface area contributed by atoms with Crippen LogP contribution in [-0.4, -0.2) is 82.8 Å². The second kappa shape index (κ2) is 14.2. The molecule has 0 radical (unpaired) electrons. The number of carbonyl (C=O) groups is 3. The van der Waals surface area contributed by atoms with E-state index in [1.807, 2.05) is 12.1 Å². The summed E-state index contributed by atoms with van der Waals surface area (Å²) in [7, 11) is 1.55. The summed E-state index contributed by atoms with van der Waals surface area (Å²) in [5.41, 5.74) is -0.275. The molecule has 0 unspecified atom stereocenters. The molecule has 14 nitrogen and oxygen atoms in total. The Morgan fingerprint density at radius 2 is 1.66 bits per heavy atom. The summed E-state index contributed by atoms with van der Waals surface area (Å²) < 4.78 is 27.7. The van der Waals surface area contributed by atoms with Gasteiger partial charge in [-0.15, -0.1) is 0 Å². The van der Waals surface area contributed by atoms with Crippen LogP contribution in [0.4, 0.5) is 20.2 Å². The first-order valence-electron chi connectivity index (χ1n) is 14.1. The first-order valence-corrected chi connectivity index (χ1v) is 14.1. The van der Waals surface area contributed by atoms with Gasteiger partial charge in [0.2, 0.25) is 0 Å². The van der Waals surface area contributed by atoms with Crippen LogP contribution < -0.4 is 10.1 Å². The fourth-order valence-electron chi connectivity index (χ4n) is 4.46. The molecule has 3 rings (SSSR count). The van der Waals surface area contributed by atoms with Gasteiger partial charge in [0, 0.05) is 12.6 Å². The zero-order valence-corrected chi connectivity index (χ0v) is 26.0. The number of aromatic nitrogens is 1. The molecule has 1 saturated heterocycles. The molecule has 0 aliphatic carbocycles. The van der Waals surface area contributed by atoms with E-state index in [-0.39, 0.29) is 31.7 Å². The van der Waals surface area contributed by atoms with Gasteiger partial charge in [0.05, 0.1) is 19.7 Å². The monoisotopic (exact) mass is 616 g/mol. The van der Waals surface area contributed by atoms with Crippen molar-refractivity contribution in [2.75, 3.05) is 20.2 Å². The third-order valence-corrected chi connectivity index (χ3v) is 6.31. The van der Waals surface area contributed by atoms with E-state index in [1.165, 1.54) is 17.2 Å². The average Bonchev–Trinajstić information content (AvgIpc) is 3.23. The van der Waals surface area contributed by atoms with Gasteiger partial charge in [0.25, 0.3) is 0 Å². The van der Waals surface area contributed by atoms with E-state index in [0.717, 1.165) is 5.56 Å². The summed E-state index contributed by atoms with van der Waals surface area (Å²) in [4.78, 5) is 54.6. The topological polar surface area (TPSA) is 169 Å². The Kier molecular flexibility index (Phi) is 11.0. The van der Waals surface area contributed by atoms with E-state index in [1.54, 1.807) is 66.9 Å². The van der Waals surface area contributed by atoms with Crippen LogP contribution in [0.1, 0.15) is 52.7 Å². The number of carbonyl (C=O) groups excluding carboxylic acids is 3. The van der Waals surface area contributed by atoms with Crippen LogP contribution in [0.2, 0.25) is 0 Å². The molecule has 44 heavy (non-hydrogen) atoms. The molecule has 0 bridgehead atoms. The molecule has 240 valence electrons. The smallest absolute Gasteiger partial charge is 0.497 e. The number of nitrogens with one attached hydrogen (secondary N) is 1. The molecule has 2 heterocycles. The first-order chi connectivity index (χ1) is 20.5. The molecule has 2 amide bonds. The number of amides is 2. The van der Waals surface area contributed by atoms with Crippen LogP contribution in [0.5, 0.6) is 5.75 Å². The second-order valence-electron chi connectivity index (χ2n) is 12.2. The van der Waals surface area contributed by atoms with Gasteiger partial charge in [-0.05, 0) is 93.6 Å². The summed E-state index contributed by atoms with van der Waals surface area (Å²) in [6.45, 7) is 10.2. The summed E-state index contributed by atoms with van der Waals surface area (Å²) in [5.74, 6) is 0.337. The highest BCUT2D eigenvalue weighted by molar-refractivity contribution is 5.71. The molecule has 0 saturated carbocycles. The van der Waals surface area contributed by atoms with Crippen LogP contribution in [-0.2, 0) is 31.8 Å². The van der Waals surface area contributed by atoms with E-state index in [0.29, 0.717) is 11.3 Å². The van der Waals surface area contributed by atoms with Gasteiger partial charge < -0.3 is 39.1 Å². The quantitative estimate of drug-likeness (QED) is 0.177. The molecule has 2 aromatic rings. The molecule has 0 spiro atoms. The minimum absolute atomic E-state index is 0.0865. The number of benzene rings is 1. The number of hydrogen-bond donors (Lipinski definition) is 1. The highest BCUT2D eigenvalue weighted by atomic mass is 16.7. The number of pyridine rings is 1. The third-order valence-electron chi connectivity index (χ3n) is 6.31. The molecule has 14 heteroatoms. The molecular formula is C30H40N4O10. The fraction of sp³-hybridized carbons (Fsp3) is 0.533. The van der Waals surface area contributed by atoms with Gasteiger partial charge in [-0.25, -0.2) is 14.4 Å². The number of likely N-dealkylation sites (tertiary alicyclic amines) is 1. The summed E-state index contributed by atoms with van der Waals surface area (Å²) >= 11 is 0. The lowest BCUT2D eigenvalue weighted by atomic mass is 10.0. The lowest BCUT2D eigenvalue weighted by Crippen LogP contribution is -2.46. The maximum Gasteiger partial charge on any atom is 0.509 e. The van der Waals surface area contributed by atoms with E-state index in [4.69, 9.17) is 23.7 Å². The van der Waals surface area contributed by atoms with Gasteiger partial charge in [-0.1, -0.05) is 12.1 Å². The SMILES string of the molecule is COc1ccc(C[C@@H]2[C@H](OC(=O)NCCc3ccnc([N+](=O)[O-])c3)[C@@H](OC(=O)OC(C)(C)C)CN2C(=O)OC(C)(C)C)cc1. The van der Waals surface area contributed by atoms with Crippen LogP contribution in [0.25, 0.3) is 0 Å². The molecule has 1 aromatic heterocycles. The number of methoxy groups -OCH3 is 1. The standard InChI is InChI=1S/C30H40N4O10/c1-29(2,3)43-27(36)33-18-23(41-28(37)44-30(4,5)6)25(22(33)16-19-8-10-21(40-7)11-9-19)42-26(35)32-15-13-20-12-14-31-24(17-20)34(38)39/h8-12,14,17,22-23,25H,13,15-16,18H2,1-7H3,(H,32,35)/t22-,23+,25+/m1/s1. The number of alkyl carbamates (subject to hydrolysis) is 1. The van der Waals surface area contributed by atoms with Crippen LogP contribution in [0.3, 0.4) is 0 Å². The Balaban J connectivity index is 1.84. The Morgan fingerprint density at radius 1 is 1.00 bits per heavy atom. The summed E-state index contributed by atoms with van der Waals surface area (Å²) in [6.07, 6.45) is -2.84. The van der Waals surface area contributed by atoms with E-state index in [9.17, 15) is 24.5 Å². The van der Waals surface area contributed by atoms with Crippen molar-refractivity contribution in [3.8, 4) is 5.75 Å². The number of nitrogens with zero attached hydrogens (tertiary/aromatic N) is 3. The molecular weight excluding hydrogens is 576 g/mol. The first kappa shape index (κ1) is 33.9. The lowest BCUT2D eigenvalue weighted by molar-refractivity contribution is -0.389. The molecule has 1 N–H and O–H groups in total. The summed E-state index contributed by atoms with van der Waals surface area (Å²) in [5, 5.41) is 13.6. The van der Waals surface area contributed by atoms with Crippen molar-refractivity contribution in [1.82, 2.24) is 15.2 Å². The minimum atomic E-state index is -1.10. The van der Waals surface area contributed by atoms with Crippen molar-refractivity contribution in [2.45, 2.75) is 83.8 Å². The van der Waals surface area contributed by atoms with Crippen LogP contribution >= 0.6 is 0 Å². The van der Waals surface area contributed by atoms with Crippen molar-refractivity contribution in [1.29, 1.82) is 0 Å². The van der Waals surface area contributed by atoms with Gasteiger partial charge in [0.1, 0.15) is 23.1 Å². The maximum absolute atomic E-state index is 13.4. The second-order valence-corrected chi connectivity index (χ2v) is 12.2. The fourth-order valence-corrected chi connectivity index (χ4v) is 4.46. The maximum atomic E-state index is 13.4. The van der Waals surface area contributed by atoms with Gasteiger partial charge in [0.15, 0.2) is 12.2 Å². The Hall–Kier alpha value is -4.62. The van der Waals surface area contributed by atoms with Crippen molar-refractivity contribution < 1.29 is 43.0 Å². The Bertz CT molecular complexity index is 1320.